The van der Waals surface area contributed by atoms with Crippen molar-refractivity contribution in [2.45, 2.75) is 52.4 Å². The fourth-order valence-electron chi connectivity index (χ4n) is 2.63. The predicted molar refractivity (Wildman–Crippen MR) is 122 cm³/mol. The first-order valence-electron chi connectivity index (χ1n) is 10.2. The van der Waals surface area contributed by atoms with Gasteiger partial charge < -0.3 is 0 Å². The van der Waals surface area contributed by atoms with Gasteiger partial charge in [0.05, 0.1) is 12.4 Å². The van der Waals surface area contributed by atoms with Crippen molar-refractivity contribution in [1.82, 2.24) is 10.9 Å². The number of amides is 2. The van der Waals surface area contributed by atoms with Crippen LogP contribution in [0.25, 0.3) is 0 Å². The van der Waals surface area contributed by atoms with Gasteiger partial charge in [0, 0.05) is 12.8 Å². The number of hydrogen-bond acceptors (Lipinski definition) is 4. The average molecular weight is 407 g/mol. The Morgan fingerprint density at radius 3 is 1.33 bits per heavy atom. The zero-order valence-electron chi connectivity index (χ0n) is 18.1. The van der Waals surface area contributed by atoms with E-state index in [1.807, 2.05) is 48.5 Å². The van der Waals surface area contributed by atoms with Gasteiger partial charge in [-0.15, -0.1) is 0 Å². The van der Waals surface area contributed by atoms with Crippen molar-refractivity contribution in [2.24, 2.45) is 10.2 Å². The maximum absolute atomic E-state index is 11.8. The molecule has 0 bridgehead atoms. The molecule has 2 aromatic rings. The number of carbonyl (C=O) groups is 2. The van der Waals surface area contributed by atoms with Crippen LogP contribution >= 0.6 is 0 Å². The van der Waals surface area contributed by atoms with Crippen LogP contribution in [0, 0.1) is 0 Å². The van der Waals surface area contributed by atoms with E-state index in [-0.39, 0.29) is 24.7 Å². The summed E-state index contributed by atoms with van der Waals surface area (Å²) in [6.07, 6.45) is 3.23. The van der Waals surface area contributed by atoms with E-state index in [2.05, 4.69) is 48.7 Å². The molecule has 0 radical (unpaired) electrons. The first-order valence-corrected chi connectivity index (χ1v) is 10.2. The minimum atomic E-state index is -0.326. The molecule has 2 N–H and O–H groups in total. The van der Waals surface area contributed by atoms with Crippen molar-refractivity contribution in [2.75, 3.05) is 0 Å². The maximum atomic E-state index is 11.8. The van der Waals surface area contributed by atoms with Gasteiger partial charge in [0.25, 0.3) is 0 Å². The van der Waals surface area contributed by atoms with Gasteiger partial charge in [0.15, 0.2) is 0 Å². The molecule has 0 aliphatic rings. The van der Waals surface area contributed by atoms with Crippen molar-refractivity contribution in [3.05, 3.63) is 70.8 Å². The second-order valence-corrected chi connectivity index (χ2v) is 7.73. The summed E-state index contributed by atoms with van der Waals surface area (Å²) in [6.45, 7) is 8.53. The Bertz CT molecular complexity index is 807. The molecule has 6 nitrogen and oxygen atoms in total. The standard InChI is InChI=1S/C24H30N4O2/c1-17(2)21-9-5-19(6-10-21)15-25-27-23(29)13-14-24(30)28-26-16-20-7-11-22(12-8-20)18(3)4/h5-12,15-18H,13-14H2,1-4H3,(H,27,29)(H,28,30)/b25-15+,26-16+. The largest absolute Gasteiger partial charge is 0.273 e. The van der Waals surface area contributed by atoms with Gasteiger partial charge in [-0.2, -0.15) is 10.2 Å². The Hall–Kier alpha value is -3.28. The van der Waals surface area contributed by atoms with E-state index in [4.69, 9.17) is 0 Å². The molecule has 2 rings (SSSR count). The molecule has 0 heterocycles. The zero-order valence-corrected chi connectivity index (χ0v) is 18.1. The van der Waals surface area contributed by atoms with Gasteiger partial charge in [0.2, 0.25) is 11.8 Å². The highest BCUT2D eigenvalue weighted by Crippen LogP contribution is 2.14. The third-order valence-electron chi connectivity index (χ3n) is 4.59. The molecule has 0 aliphatic carbocycles. The van der Waals surface area contributed by atoms with E-state index < -0.39 is 0 Å². The molecule has 2 amide bonds. The van der Waals surface area contributed by atoms with Crippen molar-refractivity contribution in [3.8, 4) is 0 Å². The summed E-state index contributed by atoms with van der Waals surface area (Å²) in [5.41, 5.74) is 9.15. The fraction of sp³-hybridized carbons (Fsp3) is 0.333. The average Bonchev–Trinajstić information content (AvgIpc) is 2.73. The first-order chi connectivity index (χ1) is 14.3. The lowest BCUT2D eigenvalue weighted by atomic mass is 10.0. The Morgan fingerprint density at radius 1 is 0.700 bits per heavy atom. The first kappa shape index (κ1) is 23.0. The number of nitrogens with zero attached hydrogens (tertiary/aromatic N) is 2. The van der Waals surface area contributed by atoms with E-state index in [1.165, 1.54) is 11.1 Å². The highest BCUT2D eigenvalue weighted by atomic mass is 16.2. The number of nitrogens with one attached hydrogen (secondary N) is 2. The third-order valence-corrected chi connectivity index (χ3v) is 4.59. The summed E-state index contributed by atoms with van der Waals surface area (Å²) in [6, 6.07) is 16.0. The molecule has 0 aromatic heterocycles. The van der Waals surface area contributed by atoms with E-state index >= 15 is 0 Å². The van der Waals surface area contributed by atoms with Crippen LogP contribution in [-0.4, -0.2) is 24.2 Å². The molecule has 0 spiro atoms. The molecular formula is C24H30N4O2. The van der Waals surface area contributed by atoms with Crippen molar-refractivity contribution in [1.29, 1.82) is 0 Å². The molecule has 6 heteroatoms. The number of hydrazone groups is 2. The summed E-state index contributed by atoms with van der Waals surface area (Å²) in [5, 5.41) is 7.86. The lowest BCUT2D eigenvalue weighted by Gasteiger charge is -2.04. The molecule has 0 fully saturated rings. The lowest BCUT2D eigenvalue weighted by molar-refractivity contribution is -0.126. The molecule has 0 atom stereocenters. The minimum absolute atomic E-state index is 0.0358. The molecule has 0 saturated heterocycles. The van der Waals surface area contributed by atoms with Crippen molar-refractivity contribution >= 4 is 24.2 Å². The van der Waals surface area contributed by atoms with Crippen LogP contribution < -0.4 is 10.9 Å². The van der Waals surface area contributed by atoms with Gasteiger partial charge >= 0.3 is 0 Å². The molecule has 2 aromatic carbocycles. The highest BCUT2D eigenvalue weighted by molar-refractivity contribution is 5.86. The Morgan fingerprint density at radius 2 is 1.03 bits per heavy atom. The Labute approximate surface area is 178 Å². The molecular weight excluding hydrogens is 376 g/mol. The molecule has 0 aliphatic heterocycles. The third kappa shape index (κ3) is 7.99. The normalized spacial score (nSPS) is 11.5. The van der Waals surface area contributed by atoms with E-state index in [1.54, 1.807) is 12.4 Å². The van der Waals surface area contributed by atoms with Crippen LogP contribution in [0.15, 0.2) is 58.7 Å². The smallest absolute Gasteiger partial charge is 0.240 e. The van der Waals surface area contributed by atoms with Crippen molar-refractivity contribution in [3.63, 3.8) is 0 Å². The van der Waals surface area contributed by atoms with Crippen LogP contribution in [0.4, 0.5) is 0 Å². The van der Waals surface area contributed by atoms with E-state index in [9.17, 15) is 9.59 Å². The quantitative estimate of drug-likeness (QED) is 0.480. The van der Waals surface area contributed by atoms with Crippen LogP contribution in [0.5, 0.6) is 0 Å². The van der Waals surface area contributed by atoms with Crippen LogP contribution in [0.2, 0.25) is 0 Å². The molecule has 30 heavy (non-hydrogen) atoms. The number of rotatable bonds is 9. The van der Waals surface area contributed by atoms with Crippen LogP contribution in [0.1, 0.15) is 74.6 Å². The molecule has 158 valence electrons. The van der Waals surface area contributed by atoms with Crippen LogP contribution in [-0.2, 0) is 9.59 Å². The monoisotopic (exact) mass is 406 g/mol. The lowest BCUT2D eigenvalue weighted by Crippen LogP contribution is -2.22. The number of benzene rings is 2. The molecule has 0 saturated carbocycles. The summed E-state index contributed by atoms with van der Waals surface area (Å²) >= 11 is 0. The van der Waals surface area contributed by atoms with Gasteiger partial charge in [-0.05, 0) is 34.1 Å². The topological polar surface area (TPSA) is 82.9 Å². The van der Waals surface area contributed by atoms with Gasteiger partial charge in [-0.3, -0.25) is 9.59 Å². The fourth-order valence-corrected chi connectivity index (χ4v) is 2.63. The van der Waals surface area contributed by atoms with Gasteiger partial charge in [-0.25, -0.2) is 10.9 Å². The second kappa shape index (κ2) is 11.7. The second-order valence-electron chi connectivity index (χ2n) is 7.73. The van der Waals surface area contributed by atoms with Gasteiger partial charge in [0.1, 0.15) is 0 Å². The summed E-state index contributed by atoms with van der Waals surface area (Å²) < 4.78 is 0. The maximum Gasteiger partial charge on any atom is 0.240 e. The van der Waals surface area contributed by atoms with Gasteiger partial charge in [-0.1, -0.05) is 76.2 Å². The summed E-state index contributed by atoms with van der Waals surface area (Å²) in [4.78, 5) is 23.6. The summed E-state index contributed by atoms with van der Waals surface area (Å²) in [7, 11) is 0. The predicted octanol–water partition coefficient (Wildman–Crippen LogP) is 4.31. The summed E-state index contributed by atoms with van der Waals surface area (Å²) in [5.74, 6) is 0.287. The van der Waals surface area contributed by atoms with E-state index in [0.717, 1.165) is 11.1 Å². The number of hydrogen-bond donors (Lipinski definition) is 2. The SMILES string of the molecule is CC(C)c1ccc(/C=N/NC(=O)CCC(=O)N/N=C/c2ccc(C(C)C)cc2)cc1. The molecule has 0 unspecified atom stereocenters. The number of carbonyl (C=O) groups excluding carboxylic acids is 2. The zero-order chi connectivity index (χ0) is 21.9. The Kier molecular flexibility index (Phi) is 8.94. The minimum Gasteiger partial charge on any atom is -0.273 e. The van der Waals surface area contributed by atoms with Crippen molar-refractivity contribution < 1.29 is 9.59 Å². The highest BCUT2D eigenvalue weighted by Gasteiger charge is 2.05. The Balaban J connectivity index is 1.69. The van der Waals surface area contributed by atoms with Crippen LogP contribution in [0.3, 0.4) is 0 Å². The van der Waals surface area contributed by atoms with E-state index in [0.29, 0.717) is 11.8 Å².